The van der Waals surface area contributed by atoms with E-state index in [-0.39, 0.29) is 77.9 Å². The molecule has 2 nitrogen and oxygen atoms in total. The summed E-state index contributed by atoms with van der Waals surface area (Å²) in [5, 5.41) is 8.83. The number of carbonyl (C=O) groups excluding carboxylic acids is 1. The molecule has 1 unspecified atom stereocenters. The van der Waals surface area contributed by atoms with E-state index in [1.807, 2.05) is 6.92 Å². The van der Waals surface area contributed by atoms with Gasteiger partial charge in [0.2, 0.25) is 0 Å². The van der Waals surface area contributed by atoms with Crippen molar-refractivity contribution in [3.8, 4) is 0 Å². The van der Waals surface area contributed by atoms with Crippen LogP contribution in [-0.2, 0) is 41.9 Å². The molecule has 0 fully saturated rings. The molecule has 1 N–H and O–H groups in total. The average molecular weight is 278 g/mol. The summed E-state index contributed by atoms with van der Waals surface area (Å²) >= 11 is 0. The molecule has 0 aliphatic rings. The first-order valence-corrected chi connectivity index (χ1v) is 2.93. The normalized spacial score (nSPS) is 8.83. The monoisotopic (exact) mass is 278 g/mol. The van der Waals surface area contributed by atoms with Gasteiger partial charge in [-0.2, -0.15) is 0 Å². The summed E-state index contributed by atoms with van der Waals surface area (Å²) in [5.41, 5.74) is 0. The van der Waals surface area contributed by atoms with Gasteiger partial charge in [0.1, 0.15) is 6.29 Å². The molecule has 0 aromatic carbocycles. The van der Waals surface area contributed by atoms with Gasteiger partial charge in [0, 0.05) is 43.5 Å². The fraction of sp³-hybridized carbons (Fsp3) is 0.833. The van der Waals surface area contributed by atoms with E-state index in [2.05, 4.69) is 0 Å². The van der Waals surface area contributed by atoms with Crippen LogP contribution in [0.4, 0.5) is 0 Å². The molecule has 0 saturated carbocycles. The van der Waals surface area contributed by atoms with Gasteiger partial charge < -0.3 is 9.90 Å². The van der Waals surface area contributed by atoms with Gasteiger partial charge in [-0.3, -0.25) is 0 Å². The molecule has 70 valence electrons. The molecular formula is C6H18Al2O2V2. The van der Waals surface area contributed by atoms with Crippen LogP contribution in [0.5, 0.6) is 0 Å². The molecule has 0 aromatic heterocycles. The van der Waals surface area contributed by atoms with Crippen LogP contribution >= 0.6 is 0 Å². The van der Waals surface area contributed by atoms with Crippen LogP contribution < -0.4 is 0 Å². The molecule has 0 aliphatic heterocycles. The zero-order chi connectivity index (χ0) is 6.41. The van der Waals surface area contributed by atoms with Gasteiger partial charge >= 0.3 is 0 Å². The van der Waals surface area contributed by atoms with Crippen molar-refractivity contribution in [3.63, 3.8) is 0 Å². The van der Waals surface area contributed by atoms with Gasteiger partial charge in [-0.15, -0.1) is 0 Å². The van der Waals surface area contributed by atoms with Gasteiger partial charge in [0.25, 0.3) is 0 Å². The maximum atomic E-state index is 9.71. The fourth-order valence-electron chi connectivity index (χ4n) is 0.465. The molecule has 1 atom stereocenters. The van der Waals surface area contributed by atoms with Crippen LogP contribution in [0.2, 0.25) is 0 Å². The number of carbonyl (C=O) groups is 1. The smallest absolute Gasteiger partial charge is 0.187 e. The van der Waals surface area contributed by atoms with Gasteiger partial charge in [-0.1, -0.05) is 6.92 Å². The summed E-state index contributed by atoms with van der Waals surface area (Å²) in [6.07, 6.45) is 2.39. The fourth-order valence-corrected chi connectivity index (χ4v) is 0.465. The Morgan fingerprint density at radius 3 is 2.00 bits per heavy atom. The van der Waals surface area contributed by atoms with Crippen LogP contribution in [-0.4, -0.2) is 52.2 Å². The third-order valence-electron chi connectivity index (χ3n) is 1.09. The molecule has 12 heavy (non-hydrogen) atoms. The summed E-state index contributed by atoms with van der Waals surface area (Å²) < 4.78 is 0. The van der Waals surface area contributed by atoms with Crippen molar-refractivity contribution in [2.45, 2.75) is 32.3 Å². The van der Waals surface area contributed by atoms with Gasteiger partial charge in [-0.25, -0.2) is 0 Å². The molecular weight excluding hydrogens is 260 g/mol. The van der Waals surface area contributed by atoms with Gasteiger partial charge in [0.05, 0.1) is 6.10 Å². The summed E-state index contributed by atoms with van der Waals surface area (Å²) in [6.45, 7) is 1.90. The predicted molar refractivity (Wildman–Crippen MR) is 51.5 cm³/mol. The first-order valence-electron chi connectivity index (χ1n) is 2.93. The van der Waals surface area contributed by atoms with Gasteiger partial charge in [0.15, 0.2) is 34.7 Å². The van der Waals surface area contributed by atoms with Crippen molar-refractivity contribution in [2.24, 2.45) is 0 Å². The van der Waals surface area contributed by atoms with E-state index in [0.717, 1.165) is 12.7 Å². The van der Waals surface area contributed by atoms with E-state index >= 15 is 0 Å². The molecule has 6 heteroatoms. The Morgan fingerprint density at radius 1 is 1.33 bits per heavy atom. The van der Waals surface area contributed by atoms with Crippen LogP contribution in [0.25, 0.3) is 0 Å². The van der Waals surface area contributed by atoms with Gasteiger partial charge in [-0.05, 0) is 12.8 Å². The van der Waals surface area contributed by atoms with Crippen molar-refractivity contribution in [2.75, 3.05) is 0 Å². The van der Waals surface area contributed by atoms with Crippen molar-refractivity contribution in [3.05, 3.63) is 0 Å². The molecule has 0 heterocycles. The molecule has 2 radical (unpaired) electrons. The summed E-state index contributed by atoms with van der Waals surface area (Å²) in [5.74, 6) is 0. The summed E-state index contributed by atoms with van der Waals surface area (Å²) in [4.78, 5) is 9.71. The standard InChI is InChI=1S/C6H12O2.2Al.2V.6H/c1-2-6(8)4-3-5-7;;;;;;;;;;/h5-6,8H,2-4H2,1H3;;;;;;;;;;. The Bertz CT molecular complexity index is 76.6. The zero-order valence-corrected chi connectivity index (χ0v) is 8.82. The number of aliphatic hydroxyl groups excluding tert-OH is 1. The topological polar surface area (TPSA) is 37.3 Å². The Hall–Kier alpha value is 1.86. The maximum absolute atomic E-state index is 9.71. The third-order valence-corrected chi connectivity index (χ3v) is 1.09. The first-order chi connectivity index (χ1) is 3.81. The largest absolute Gasteiger partial charge is 0.393 e. The average Bonchev–Trinajstić information content (AvgIpc) is 1.83. The van der Waals surface area contributed by atoms with Crippen molar-refractivity contribution in [1.82, 2.24) is 0 Å². The molecule has 0 rings (SSSR count). The van der Waals surface area contributed by atoms with Crippen LogP contribution in [0, 0.1) is 0 Å². The van der Waals surface area contributed by atoms with Crippen molar-refractivity contribution < 1.29 is 47.0 Å². The minimum Gasteiger partial charge on any atom is -0.393 e. The number of hydrogen-bond acceptors (Lipinski definition) is 2. The second-order valence-electron chi connectivity index (χ2n) is 1.81. The molecule has 0 aromatic rings. The van der Waals surface area contributed by atoms with E-state index in [9.17, 15) is 4.79 Å². The SMILES string of the molecule is CCC(O)CCC=O.[AlH3].[AlH3].[V].[V]. The van der Waals surface area contributed by atoms with Crippen LogP contribution in [0.3, 0.4) is 0 Å². The summed E-state index contributed by atoms with van der Waals surface area (Å²) in [6, 6.07) is 0. The van der Waals surface area contributed by atoms with E-state index in [1.165, 1.54) is 0 Å². The number of aliphatic hydroxyl groups is 1. The van der Waals surface area contributed by atoms with E-state index in [0.29, 0.717) is 12.8 Å². The van der Waals surface area contributed by atoms with Crippen LogP contribution in [0.15, 0.2) is 0 Å². The van der Waals surface area contributed by atoms with E-state index in [1.54, 1.807) is 0 Å². The second kappa shape index (κ2) is 23.0. The molecule has 0 aliphatic carbocycles. The van der Waals surface area contributed by atoms with Crippen LogP contribution in [0.1, 0.15) is 26.2 Å². The maximum Gasteiger partial charge on any atom is 0.187 e. The third kappa shape index (κ3) is 22.6. The summed E-state index contributed by atoms with van der Waals surface area (Å²) in [7, 11) is 0. The minimum atomic E-state index is -0.278. The Morgan fingerprint density at radius 2 is 1.75 bits per heavy atom. The van der Waals surface area contributed by atoms with Crippen molar-refractivity contribution >= 4 is 41.0 Å². The van der Waals surface area contributed by atoms with Crippen molar-refractivity contribution in [1.29, 1.82) is 0 Å². The predicted octanol–water partition coefficient (Wildman–Crippen LogP) is -1.64. The molecule has 0 amide bonds. The minimum absolute atomic E-state index is 0. The molecule has 0 saturated heterocycles. The number of rotatable bonds is 4. The Balaban J connectivity index is -0.0000000408. The Labute approximate surface area is 119 Å². The first kappa shape index (κ1) is 29.2. The quantitative estimate of drug-likeness (QED) is 0.495. The van der Waals surface area contributed by atoms with E-state index < -0.39 is 0 Å². The molecule has 0 spiro atoms. The zero-order valence-electron chi connectivity index (χ0n) is 6.03. The second-order valence-corrected chi connectivity index (χ2v) is 1.81. The Kier molecular flexibility index (Phi) is 56.1. The number of hydrogen-bond donors (Lipinski definition) is 1. The molecule has 0 bridgehead atoms. The van der Waals surface area contributed by atoms with E-state index in [4.69, 9.17) is 5.11 Å². The number of aldehydes is 1.